The van der Waals surface area contributed by atoms with Crippen LogP contribution >= 0.6 is 0 Å². The second-order valence-electron chi connectivity index (χ2n) is 4.17. The van der Waals surface area contributed by atoms with Crippen LogP contribution in [0.2, 0.25) is 0 Å². The number of aryl methyl sites for hydroxylation is 2. The van der Waals surface area contributed by atoms with Crippen molar-refractivity contribution in [3.8, 4) is 5.75 Å². The maximum atomic E-state index is 5.75. The van der Waals surface area contributed by atoms with E-state index in [-0.39, 0.29) is 0 Å². The van der Waals surface area contributed by atoms with Crippen molar-refractivity contribution >= 4 is 0 Å². The van der Waals surface area contributed by atoms with Gasteiger partial charge in [-0.3, -0.25) is 4.68 Å². The highest BCUT2D eigenvalue weighted by Gasteiger charge is 2.09. The molecule has 2 N–H and O–H groups in total. The monoisotopic (exact) mass is 225 g/mol. The van der Waals surface area contributed by atoms with Gasteiger partial charge in [0.15, 0.2) is 5.75 Å². The number of hydrogen-bond donors (Lipinski definition) is 1. The first-order valence-electron chi connectivity index (χ1n) is 6.00. The lowest BCUT2D eigenvalue weighted by molar-refractivity contribution is 0.300. The lowest BCUT2D eigenvalue weighted by Gasteiger charge is -2.06. The third-order valence-corrected chi connectivity index (χ3v) is 2.79. The molecule has 0 bridgehead atoms. The highest BCUT2D eigenvalue weighted by Crippen LogP contribution is 2.21. The number of hydrogen-bond acceptors (Lipinski definition) is 3. The molecule has 0 aliphatic rings. The van der Waals surface area contributed by atoms with Crippen LogP contribution in [0.25, 0.3) is 0 Å². The molecule has 0 amide bonds. The van der Waals surface area contributed by atoms with Gasteiger partial charge in [0.1, 0.15) is 5.69 Å². The van der Waals surface area contributed by atoms with Crippen molar-refractivity contribution in [2.24, 2.45) is 12.8 Å². The van der Waals surface area contributed by atoms with Crippen LogP contribution in [-0.4, -0.2) is 22.9 Å². The normalized spacial score (nSPS) is 10.8. The Kier molecular flexibility index (Phi) is 5.32. The number of aromatic nitrogens is 2. The lowest BCUT2D eigenvalue weighted by Crippen LogP contribution is -2.01. The van der Waals surface area contributed by atoms with Gasteiger partial charge in [-0.2, -0.15) is 5.10 Å². The standard InChI is InChI=1S/C12H23N3O/c1-10-12(11(2)15(3)14-10)16-9-7-5-4-6-8-13/h4-9,13H2,1-3H3. The molecule has 0 fully saturated rings. The maximum absolute atomic E-state index is 5.75. The topological polar surface area (TPSA) is 53.1 Å². The summed E-state index contributed by atoms with van der Waals surface area (Å²) in [4.78, 5) is 0. The first kappa shape index (κ1) is 13.0. The SMILES string of the molecule is Cc1nn(C)c(C)c1OCCCCCCN. The molecule has 0 unspecified atom stereocenters. The predicted octanol–water partition coefficient (Wildman–Crippen LogP) is 1.93. The average molecular weight is 225 g/mol. The Labute approximate surface area is 97.8 Å². The first-order valence-corrected chi connectivity index (χ1v) is 6.00. The fraction of sp³-hybridized carbons (Fsp3) is 0.750. The van der Waals surface area contributed by atoms with Gasteiger partial charge in [-0.25, -0.2) is 0 Å². The van der Waals surface area contributed by atoms with Gasteiger partial charge in [-0.05, 0) is 33.2 Å². The summed E-state index contributed by atoms with van der Waals surface area (Å²) in [6.07, 6.45) is 4.60. The summed E-state index contributed by atoms with van der Waals surface area (Å²) in [6, 6.07) is 0. The van der Waals surface area contributed by atoms with Crippen molar-refractivity contribution in [1.82, 2.24) is 9.78 Å². The number of rotatable bonds is 7. The number of nitrogens with two attached hydrogens (primary N) is 1. The molecule has 0 radical (unpaired) electrons. The van der Waals surface area contributed by atoms with Crippen molar-refractivity contribution in [3.63, 3.8) is 0 Å². The van der Waals surface area contributed by atoms with Crippen molar-refractivity contribution in [2.45, 2.75) is 39.5 Å². The molecule has 0 atom stereocenters. The van der Waals surface area contributed by atoms with Crippen LogP contribution in [0.5, 0.6) is 5.75 Å². The number of unbranched alkanes of at least 4 members (excludes halogenated alkanes) is 3. The van der Waals surface area contributed by atoms with E-state index in [4.69, 9.17) is 10.5 Å². The van der Waals surface area contributed by atoms with E-state index < -0.39 is 0 Å². The Hall–Kier alpha value is -1.03. The Morgan fingerprint density at radius 2 is 1.88 bits per heavy atom. The van der Waals surface area contributed by atoms with Crippen LogP contribution in [0, 0.1) is 13.8 Å². The quantitative estimate of drug-likeness (QED) is 0.721. The maximum Gasteiger partial charge on any atom is 0.162 e. The molecule has 92 valence electrons. The zero-order chi connectivity index (χ0) is 12.0. The van der Waals surface area contributed by atoms with E-state index in [9.17, 15) is 0 Å². The number of ether oxygens (including phenoxy) is 1. The van der Waals surface area contributed by atoms with E-state index in [0.29, 0.717) is 0 Å². The molecule has 0 saturated carbocycles. The summed E-state index contributed by atoms with van der Waals surface area (Å²) >= 11 is 0. The van der Waals surface area contributed by atoms with Gasteiger partial charge in [0.05, 0.1) is 12.3 Å². The van der Waals surface area contributed by atoms with Gasteiger partial charge in [0.2, 0.25) is 0 Å². The first-order chi connectivity index (χ1) is 7.66. The van der Waals surface area contributed by atoms with Crippen molar-refractivity contribution < 1.29 is 4.74 Å². The lowest BCUT2D eigenvalue weighted by atomic mass is 10.2. The molecule has 0 spiro atoms. The second-order valence-corrected chi connectivity index (χ2v) is 4.17. The third kappa shape index (κ3) is 3.52. The average Bonchev–Trinajstić information content (AvgIpc) is 2.49. The van der Waals surface area contributed by atoms with E-state index in [1.165, 1.54) is 12.8 Å². The molecule has 0 aliphatic heterocycles. The van der Waals surface area contributed by atoms with E-state index in [2.05, 4.69) is 5.10 Å². The third-order valence-electron chi connectivity index (χ3n) is 2.79. The van der Waals surface area contributed by atoms with Crippen molar-refractivity contribution in [1.29, 1.82) is 0 Å². The molecule has 1 aromatic rings. The van der Waals surface area contributed by atoms with Gasteiger partial charge in [0, 0.05) is 7.05 Å². The van der Waals surface area contributed by atoms with Crippen molar-refractivity contribution in [3.05, 3.63) is 11.4 Å². The predicted molar refractivity (Wildman–Crippen MR) is 65.7 cm³/mol. The molecular formula is C12H23N3O. The second kappa shape index (κ2) is 6.53. The zero-order valence-corrected chi connectivity index (χ0v) is 10.6. The van der Waals surface area contributed by atoms with Crippen LogP contribution in [0.4, 0.5) is 0 Å². The molecule has 16 heavy (non-hydrogen) atoms. The summed E-state index contributed by atoms with van der Waals surface area (Å²) in [5.41, 5.74) is 7.51. The number of nitrogens with zero attached hydrogens (tertiary/aromatic N) is 2. The molecule has 1 aromatic heterocycles. The van der Waals surface area contributed by atoms with E-state index in [0.717, 1.165) is 43.1 Å². The molecule has 4 heteroatoms. The fourth-order valence-corrected chi connectivity index (χ4v) is 1.74. The van der Waals surface area contributed by atoms with E-state index in [1.54, 1.807) is 0 Å². The smallest absolute Gasteiger partial charge is 0.162 e. The van der Waals surface area contributed by atoms with E-state index >= 15 is 0 Å². The summed E-state index contributed by atoms with van der Waals surface area (Å²) < 4.78 is 7.61. The zero-order valence-electron chi connectivity index (χ0n) is 10.6. The van der Waals surface area contributed by atoms with Gasteiger partial charge in [-0.1, -0.05) is 12.8 Å². The van der Waals surface area contributed by atoms with Crippen LogP contribution in [-0.2, 0) is 7.05 Å². The van der Waals surface area contributed by atoms with Crippen LogP contribution in [0.3, 0.4) is 0 Å². The Balaban J connectivity index is 2.26. The largest absolute Gasteiger partial charge is 0.490 e. The van der Waals surface area contributed by atoms with Crippen LogP contribution in [0.1, 0.15) is 37.1 Å². The fourth-order valence-electron chi connectivity index (χ4n) is 1.74. The van der Waals surface area contributed by atoms with E-state index in [1.807, 2.05) is 25.6 Å². The molecular weight excluding hydrogens is 202 g/mol. The molecule has 4 nitrogen and oxygen atoms in total. The van der Waals surface area contributed by atoms with Gasteiger partial charge < -0.3 is 10.5 Å². The molecule has 0 saturated heterocycles. The minimum Gasteiger partial charge on any atom is -0.490 e. The minimum absolute atomic E-state index is 0.776. The molecule has 1 rings (SSSR count). The minimum atomic E-state index is 0.776. The Bertz CT molecular complexity index is 320. The van der Waals surface area contributed by atoms with Gasteiger partial charge >= 0.3 is 0 Å². The van der Waals surface area contributed by atoms with Crippen LogP contribution < -0.4 is 10.5 Å². The van der Waals surface area contributed by atoms with Crippen LogP contribution in [0.15, 0.2) is 0 Å². The van der Waals surface area contributed by atoms with Gasteiger partial charge in [0.25, 0.3) is 0 Å². The molecule has 0 aliphatic carbocycles. The summed E-state index contributed by atoms with van der Waals surface area (Å²) in [7, 11) is 1.94. The summed E-state index contributed by atoms with van der Waals surface area (Å²) in [5, 5.41) is 4.31. The Morgan fingerprint density at radius 3 is 2.44 bits per heavy atom. The van der Waals surface area contributed by atoms with Crippen molar-refractivity contribution in [2.75, 3.05) is 13.2 Å². The molecule has 0 aromatic carbocycles. The Morgan fingerprint density at radius 1 is 1.19 bits per heavy atom. The highest BCUT2D eigenvalue weighted by atomic mass is 16.5. The van der Waals surface area contributed by atoms with Gasteiger partial charge in [-0.15, -0.1) is 0 Å². The molecule has 1 heterocycles. The summed E-state index contributed by atoms with van der Waals surface area (Å²) in [5.74, 6) is 0.946. The highest BCUT2D eigenvalue weighted by molar-refractivity contribution is 5.31. The summed E-state index contributed by atoms with van der Waals surface area (Å²) in [6.45, 7) is 5.58.